The predicted octanol–water partition coefficient (Wildman–Crippen LogP) is 7.85. The summed E-state index contributed by atoms with van der Waals surface area (Å²) >= 11 is 0. The highest BCUT2D eigenvalue weighted by Crippen LogP contribution is 2.34. The van der Waals surface area contributed by atoms with Gasteiger partial charge < -0.3 is 14.7 Å². The molecule has 0 amide bonds. The molecule has 2 aliphatic rings. The van der Waals surface area contributed by atoms with Gasteiger partial charge >= 0.3 is 5.97 Å². The fourth-order valence-electron chi connectivity index (χ4n) is 5.47. The first-order chi connectivity index (χ1) is 21.6. The van der Waals surface area contributed by atoms with Crippen molar-refractivity contribution < 1.29 is 19.3 Å². The number of carbonyl (C=O) groups excluding carboxylic acids is 1. The number of aromatic nitrogens is 4. The molecule has 2 N–H and O–H groups in total. The van der Waals surface area contributed by atoms with E-state index >= 15 is 0 Å². The van der Waals surface area contributed by atoms with E-state index in [0.29, 0.717) is 12.2 Å². The van der Waals surface area contributed by atoms with Gasteiger partial charge in [-0.3, -0.25) is 0 Å². The minimum Gasteiger partial charge on any atom is -0.465 e. The highest BCUT2D eigenvalue weighted by Gasteiger charge is 2.15. The number of hydrogen-bond donors (Lipinski definition) is 2. The summed E-state index contributed by atoms with van der Waals surface area (Å²) in [6.07, 6.45) is 8.08. The smallest absolute Gasteiger partial charge is 0.337 e. The van der Waals surface area contributed by atoms with Crippen LogP contribution in [0, 0.1) is 0 Å². The van der Waals surface area contributed by atoms with Gasteiger partial charge in [-0.25, -0.2) is 24.5 Å². The van der Waals surface area contributed by atoms with Crippen LogP contribution in [0.4, 0.5) is 0 Å². The van der Waals surface area contributed by atoms with Crippen LogP contribution in [0.2, 0.25) is 0 Å². The van der Waals surface area contributed by atoms with Crippen molar-refractivity contribution in [1.82, 2.24) is 19.9 Å². The summed E-state index contributed by atoms with van der Waals surface area (Å²) in [5.74, 6) is -0.381. The zero-order valence-electron chi connectivity index (χ0n) is 24.1. The highest BCUT2D eigenvalue weighted by atomic mass is 17.2. The number of aromatic amines is 2. The van der Waals surface area contributed by atoms with Crippen molar-refractivity contribution in [2.24, 2.45) is 0 Å². The Morgan fingerprint density at radius 3 is 1.73 bits per heavy atom. The van der Waals surface area contributed by atoms with Crippen molar-refractivity contribution in [3.8, 4) is 22.3 Å². The van der Waals surface area contributed by atoms with Crippen LogP contribution in [0.15, 0.2) is 84.9 Å². The second-order valence-electron chi connectivity index (χ2n) is 10.4. The lowest BCUT2D eigenvalue weighted by Crippen LogP contribution is -2.00. The number of ether oxygens (including phenoxy) is 1. The molecule has 0 spiro atoms. The monoisotopic (exact) mass is 580 g/mol. The Kier molecular flexibility index (Phi) is 7.19. The van der Waals surface area contributed by atoms with Gasteiger partial charge in [-0.05, 0) is 89.5 Å². The molecule has 0 atom stereocenters. The van der Waals surface area contributed by atoms with Gasteiger partial charge in [-0.15, -0.1) is 0 Å². The van der Waals surface area contributed by atoms with Gasteiger partial charge in [0.25, 0.3) is 0 Å². The number of methoxy groups -OCH3 is 1. The van der Waals surface area contributed by atoms with Gasteiger partial charge in [-0.2, -0.15) is 0 Å². The van der Waals surface area contributed by atoms with Crippen molar-refractivity contribution in [2.75, 3.05) is 14.2 Å². The van der Waals surface area contributed by atoms with Crippen LogP contribution in [-0.2, 0) is 21.1 Å². The first kappa shape index (κ1) is 27.3. The Balaban J connectivity index is 1.51. The number of carbonyl (C=O) groups is 1. The number of esters is 1. The summed E-state index contributed by atoms with van der Waals surface area (Å²) in [5, 5.41) is 0. The average molecular weight is 581 g/mol. The summed E-state index contributed by atoms with van der Waals surface area (Å²) in [7, 11) is 2.88. The van der Waals surface area contributed by atoms with Gasteiger partial charge in [0.2, 0.25) is 0 Å². The number of fused-ring (bicyclic) bond motifs is 8. The molecule has 2 aliphatic heterocycles. The molecule has 0 aliphatic carbocycles. The van der Waals surface area contributed by atoms with Gasteiger partial charge in [0.1, 0.15) is 6.61 Å². The molecule has 216 valence electrons. The second-order valence-corrected chi connectivity index (χ2v) is 10.4. The van der Waals surface area contributed by atoms with Crippen molar-refractivity contribution in [3.63, 3.8) is 0 Å². The molecule has 0 saturated heterocycles. The fourth-order valence-corrected chi connectivity index (χ4v) is 5.47. The van der Waals surface area contributed by atoms with Crippen LogP contribution < -0.4 is 0 Å². The molecule has 2 aromatic carbocycles. The van der Waals surface area contributed by atoms with E-state index in [1.807, 2.05) is 72.8 Å². The molecule has 0 unspecified atom stereocenters. The van der Waals surface area contributed by atoms with E-state index in [1.54, 1.807) is 12.1 Å². The molecule has 8 bridgehead atoms. The summed E-state index contributed by atoms with van der Waals surface area (Å²) < 4.78 is 4.91. The molecule has 7 rings (SSSR count). The summed E-state index contributed by atoms with van der Waals surface area (Å²) in [4.78, 5) is 39.1. The van der Waals surface area contributed by atoms with Crippen molar-refractivity contribution in [2.45, 2.75) is 6.61 Å². The lowest BCUT2D eigenvalue weighted by atomic mass is 10.0. The Morgan fingerprint density at radius 2 is 1.20 bits per heavy atom. The van der Waals surface area contributed by atoms with E-state index in [2.05, 4.69) is 34.2 Å². The molecule has 5 heterocycles. The first-order valence-electron chi connectivity index (χ1n) is 14.1. The largest absolute Gasteiger partial charge is 0.465 e. The van der Waals surface area contributed by atoms with Crippen LogP contribution in [0.25, 0.3) is 68.6 Å². The Labute approximate surface area is 253 Å². The average Bonchev–Trinajstić information content (AvgIpc) is 3.87. The number of nitrogens with zero attached hydrogens (tertiary/aromatic N) is 2. The van der Waals surface area contributed by atoms with Gasteiger partial charge in [-0.1, -0.05) is 36.4 Å². The maximum Gasteiger partial charge on any atom is 0.337 e. The Morgan fingerprint density at radius 1 is 0.659 bits per heavy atom. The summed E-state index contributed by atoms with van der Waals surface area (Å²) in [6, 6.07) is 27.8. The number of H-pyrrole nitrogens is 2. The summed E-state index contributed by atoms with van der Waals surface area (Å²) in [6.45, 7) is 0.351. The van der Waals surface area contributed by atoms with Crippen LogP contribution in [0.5, 0.6) is 0 Å². The standard InChI is InChI=1S/C36H28N4O4/c1-42-36(41)25-9-7-24(8-10-25)35-31-16-14-29(39-31)20-27-12-11-26(37-27)19-28-13-15-30(38-28)34(32-17-18-33(35)40-32)23-5-3-22(4-6-23)21-44-43-2/h3-20,37,40H,21H2,1-2H3. The third kappa shape index (κ3) is 5.35. The quantitative estimate of drug-likeness (QED) is 0.118. The third-order valence-corrected chi connectivity index (χ3v) is 7.58. The maximum absolute atomic E-state index is 12.1. The van der Waals surface area contributed by atoms with Crippen molar-refractivity contribution in [3.05, 3.63) is 119 Å². The number of hydrogen-bond acceptors (Lipinski definition) is 6. The number of nitrogens with one attached hydrogen (secondary N) is 2. The zero-order chi connectivity index (χ0) is 30.0. The molecular weight excluding hydrogens is 552 g/mol. The first-order valence-corrected chi connectivity index (χ1v) is 14.1. The van der Waals surface area contributed by atoms with E-state index in [4.69, 9.17) is 24.5 Å². The molecular formula is C36H28N4O4. The SMILES string of the molecule is COOCc1ccc(-c2c3nc(cc4ccc(cc5nc(c(-c6ccc(C(=O)OC)cc6)c6ccc2[nH]6)C=C5)[nH]4)C=C3)cc1. The van der Waals surface area contributed by atoms with Crippen LogP contribution in [-0.4, -0.2) is 40.1 Å². The molecule has 0 radical (unpaired) electrons. The molecule has 5 aromatic rings. The van der Waals surface area contributed by atoms with E-state index < -0.39 is 0 Å². The lowest BCUT2D eigenvalue weighted by molar-refractivity contribution is -0.282. The van der Waals surface area contributed by atoms with Crippen LogP contribution in [0.3, 0.4) is 0 Å². The van der Waals surface area contributed by atoms with Gasteiger partial charge in [0, 0.05) is 33.2 Å². The minimum atomic E-state index is -0.381. The zero-order valence-corrected chi connectivity index (χ0v) is 24.1. The third-order valence-electron chi connectivity index (χ3n) is 7.58. The van der Waals surface area contributed by atoms with Gasteiger partial charge in [0.05, 0.1) is 42.6 Å². The molecule has 3 aromatic heterocycles. The molecule has 8 nitrogen and oxygen atoms in total. The van der Waals surface area contributed by atoms with E-state index in [0.717, 1.165) is 72.7 Å². The maximum atomic E-state index is 12.1. The fraction of sp³-hybridized carbons (Fsp3) is 0.0833. The van der Waals surface area contributed by atoms with E-state index in [1.165, 1.54) is 14.2 Å². The van der Waals surface area contributed by atoms with E-state index in [9.17, 15) is 4.79 Å². The molecule has 8 heteroatoms. The van der Waals surface area contributed by atoms with Crippen LogP contribution in [0.1, 0.15) is 38.7 Å². The van der Waals surface area contributed by atoms with Crippen molar-refractivity contribution >= 4 is 52.3 Å². The van der Waals surface area contributed by atoms with Crippen molar-refractivity contribution in [1.29, 1.82) is 0 Å². The van der Waals surface area contributed by atoms with Gasteiger partial charge in [0.15, 0.2) is 0 Å². The number of benzene rings is 2. The minimum absolute atomic E-state index is 0.351. The number of rotatable bonds is 6. The normalized spacial score (nSPS) is 12.0. The topological polar surface area (TPSA) is 102 Å². The predicted molar refractivity (Wildman–Crippen MR) is 173 cm³/mol. The Hall–Kier alpha value is -5.57. The molecule has 0 fully saturated rings. The lowest BCUT2D eigenvalue weighted by Gasteiger charge is -2.07. The Bertz CT molecular complexity index is 2100. The van der Waals surface area contributed by atoms with Crippen LogP contribution >= 0.6 is 0 Å². The van der Waals surface area contributed by atoms with E-state index in [-0.39, 0.29) is 5.97 Å². The highest BCUT2D eigenvalue weighted by molar-refractivity contribution is 5.96. The molecule has 44 heavy (non-hydrogen) atoms. The molecule has 0 saturated carbocycles. The summed E-state index contributed by atoms with van der Waals surface area (Å²) in [5.41, 5.74) is 12.2. The second kappa shape index (κ2) is 11.6.